The van der Waals surface area contributed by atoms with E-state index in [1.807, 2.05) is 0 Å². The molecule has 0 fully saturated rings. The molecule has 88 valence electrons. The fourth-order valence-corrected chi connectivity index (χ4v) is 1.72. The van der Waals surface area contributed by atoms with Gasteiger partial charge in [0.15, 0.2) is 5.60 Å². The van der Waals surface area contributed by atoms with Crippen molar-refractivity contribution in [2.45, 2.75) is 18.9 Å². The molecule has 5 heteroatoms. The van der Waals surface area contributed by atoms with Crippen molar-refractivity contribution in [2.24, 2.45) is 0 Å². The van der Waals surface area contributed by atoms with Gasteiger partial charge in [-0.25, -0.2) is 4.79 Å². The zero-order valence-corrected chi connectivity index (χ0v) is 10.5. The lowest BCUT2D eigenvalue weighted by molar-refractivity contribution is -0.160. The predicted molar refractivity (Wildman–Crippen MR) is 62.8 cm³/mol. The van der Waals surface area contributed by atoms with Gasteiger partial charge >= 0.3 is 5.97 Å². The maximum Gasteiger partial charge on any atom is 0.337 e. The summed E-state index contributed by atoms with van der Waals surface area (Å²) in [6, 6.07) is 4.87. The second-order valence-corrected chi connectivity index (χ2v) is 4.52. The molecule has 0 aliphatic heterocycles. The van der Waals surface area contributed by atoms with E-state index < -0.39 is 11.6 Å². The number of benzene rings is 1. The Hall–Kier alpha value is -0.770. The number of carbonyl (C=O) groups excluding carboxylic acids is 1. The van der Waals surface area contributed by atoms with Crippen molar-refractivity contribution in [3.63, 3.8) is 0 Å². The van der Waals surface area contributed by atoms with Crippen molar-refractivity contribution in [3.8, 4) is 0 Å². The standard InChI is InChI=1S/C11H12Cl2O3/c1-11(15,10(14)16-2)6-7-5-8(12)3-4-9(7)13/h3-5,15H,6H2,1-2H3. The Kier molecular flexibility index (Phi) is 4.19. The molecule has 1 atom stereocenters. The van der Waals surface area contributed by atoms with Crippen LogP contribution in [-0.4, -0.2) is 23.8 Å². The fourth-order valence-electron chi connectivity index (χ4n) is 1.34. The molecular weight excluding hydrogens is 251 g/mol. The highest BCUT2D eigenvalue weighted by atomic mass is 35.5. The van der Waals surface area contributed by atoms with Crippen LogP contribution in [0.4, 0.5) is 0 Å². The quantitative estimate of drug-likeness (QED) is 0.852. The van der Waals surface area contributed by atoms with Crippen LogP contribution in [0.3, 0.4) is 0 Å². The number of ether oxygens (including phenoxy) is 1. The van der Waals surface area contributed by atoms with E-state index in [0.29, 0.717) is 15.6 Å². The molecule has 0 saturated heterocycles. The minimum absolute atomic E-state index is 0.0546. The summed E-state index contributed by atoms with van der Waals surface area (Å²) in [5.41, 5.74) is -1.01. The van der Waals surface area contributed by atoms with E-state index in [9.17, 15) is 9.90 Å². The molecule has 1 aromatic carbocycles. The van der Waals surface area contributed by atoms with Crippen molar-refractivity contribution in [3.05, 3.63) is 33.8 Å². The summed E-state index contributed by atoms with van der Waals surface area (Å²) >= 11 is 11.7. The van der Waals surface area contributed by atoms with Gasteiger partial charge in [0.2, 0.25) is 0 Å². The lowest BCUT2D eigenvalue weighted by Crippen LogP contribution is -2.38. The van der Waals surface area contributed by atoms with Gasteiger partial charge in [-0.05, 0) is 30.7 Å². The third kappa shape index (κ3) is 3.11. The Balaban J connectivity index is 2.95. The molecule has 1 rings (SSSR count). The average Bonchev–Trinajstić information content (AvgIpc) is 2.22. The van der Waals surface area contributed by atoms with E-state index in [4.69, 9.17) is 23.2 Å². The van der Waals surface area contributed by atoms with Crippen molar-refractivity contribution in [1.82, 2.24) is 0 Å². The second kappa shape index (κ2) is 5.04. The third-order valence-electron chi connectivity index (χ3n) is 2.17. The van der Waals surface area contributed by atoms with E-state index in [1.54, 1.807) is 18.2 Å². The first-order valence-electron chi connectivity index (χ1n) is 4.61. The summed E-state index contributed by atoms with van der Waals surface area (Å²) in [6.07, 6.45) is 0.0546. The second-order valence-electron chi connectivity index (χ2n) is 3.68. The van der Waals surface area contributed by atoms with E-state index in [-0.39, 0.29) is 6.42 Å². The Morgan fingerprint density at radius 2 is 2.12 bits per heavy atom. The van der Waals surface area contributed by atoms with Gasteiger partial charge in [-0.15, -0.1) is 0 Å². The molecule has 0 saturated carbocycles. The number of hydrogen-bond donors (Lipinski definition) is 1. The molecule has 0 heterocycles. The van der Waals surface area contributed by atoms with Crippen LogP contribution in [-0.2, 0) is 16.0 Å². The number of aliphatic hydroxyl groups is 1. The molecule has 0 amide bonds. The maximum atomic E-state index is 11.3. The number of esters is 1. The predicted octanol–water partition coefficient (Wildman–Crippen LogP) is 2.46. The summed E-state index contributed by atoms with van der Waals surface area (Å²) in [5, 5.41) is 10.8. The van der Waals surface area contributed by atoms with Gasteiger partial charge in [0.1, 0.15) is 0 Å². The summed E-state index contributed by atoms with van der Waals surface area (Å²) < 4.78 is 4.49. The van der Waals surface area contributed by atoms with E-state index in [2.05, 4.69) is 4.74 Å². The van der Waals surface area contributed by atoms with Gasteiger partial charge in [0, 0.05) is 16.5 Å². The van der Waals surface area contributed by atoms with Gasteiger partial charge in [0.05, 0.1) is 7.11 Å². The minimum Gasteiger partial charge on any atom is -0.467 e. The monoisotopic (exact) mass is 262 g/mol. The highest BCUT2D eigenvalue weighted by molar-refractivity contribution is 6.33. The first-order chi connectivity index (χ1) is 7.36. The number of methoxy groups -OCH3 is 1. The molecule has 0 radical (unpaired) electrons. The highest BCUT2D eigenvalue weighted by Crippen LogP contribution is 2.25. The maximum absolute atomic E-state index is 11.3. The van der Waals surface area contributed by atoms with Gasteiger partial charge in [-0.3, -0.25) is 0 Å². The van der Waals surface area contributed by atoms with Crippen LogP contribution >= 0.6 is 23.2 Å². The van der Waals surface area contributed by atoms with Gasteiger partial charge in [-0.1, -0.05) is 23.2 Å². The Morgan fingerprint density at radius 3 is 2.69 bits per heavy atom. The van der Waals surface area contributed by atoms with Crippen molar-refractivity contribution in [1.29, 1.82) is 0 Å². The summed E-state index contributed by atoms with van der Waals surface area (Å²) in [5.74, 6) is -0.705. The minimum atomic E-state index is -1.61. The van der Waals surface area contributed by atoms with Crippen molar-refractivity contribution in [2.75, 3.05) is 7.11 Å². The number of carbonyl (C=O) groups is 1. The fraction of sp³-hybridized carbons (Fsp3) is 0.364. The summed E-state index contributed by atoms with van der Waals surface area (Å²) in [4.78, 5) is 11.3. The summed E-state index contributed by atoms with van der Waals surface area (Å²) in [6.45, 7) is 1.37. The Labute approximate surface area is 104 Å². The third-order valence-corrected chi connectivity index (χ3v) is 2.77. The summed E-state index contributed by atoms with van der Waals surface area (Å²) in [7, 11) is 1.22. The SMILES string of the molecule is COC(=O)C(C)(O)Cc1cc(Cl)ccc1Cl. The molecule has 1 aromatic rings. The van der Waals surface area contributed by atoms with E-state index in [0.717, 1.165) is 0 Å². The lowest BCUT2D eigenvalue weighted by atomic mass is 9.97. The Morgan fingerprint density at radius 1 is 1.50 bits per heavy atom. The van der Waals surface area contributed by atoms with Gasteiger partial charge in [-0.2, -0.15) is 0 Å². The molecule has 16 heavy (non-hydrogen) atoms. The molecule has 3 nitrogen and oxygen atoms in total. The lowest BCUT2D eigenvalue weighted by Gasteiger charge is -2.20. The zero-order chi connectivity index (χ0) is 12.3. The first-order valence-corrected chi connectivity index (χ1v) is 5.37. The zero-order valence-electron chi connectivity index (χ0n) is 8.96. The molecule has 1 N–H and O–H groups in total. The van der Waals surface area contributed by atoms with Crippen molar-refractivity contribution >= 4 is 29.2 Å². The smallest absolute Gasteiger partial charge is 0.337 e. The largest absolute Gasteiger partial charge is 0.467 e. The van der Waals surface area contributed by atoms with E-state index in [1.165, 1.54) is 14.0 Å². The molecular formula is C11H12Cl2O3. The molecule has 0 aliphatic rings. The van der Waals surface area contributed by atoms with Gasteiger partial charge < -0.3 is 9.84 Å². The Bertz CT molecular complexity index is 402. The van der Waals surface area contributed by atoms with Crippen LogP contribution in [0, 0.1) is 0 Å². The molecule has 0 aliphatic carbocycles. The molecule has 0 spiro atoms. The van der Waals surface area contributed by atoms with Crippen LogP contribution in [0.1, 0.15) is 12.5 Å². The van der Waals surface area contributed by atoms with Crippen LogP contribution in [0.2, 0.25) is 10.0 Å². The van der Waals surface area contributed by atoms with Crippen LogP contribution in [0.15, 0.2) is 18.2 Å². The number of hydrogen-bond acceptors (Lipinski definition) is 3. The number of halogens is 2. The highest BCUT2D eigenvalue weighted by Gasteiger charge is 2.32. The topological polar surface area (TPSA) is 46.5 Å². The van der Waals surface area contributed by atoms with Crippen LogP contribution in [0.5, 0.6) is 0 Å². The molecule has 0 bridgehead atoms. The van der Waals surface area contributed by atoms with Crippen LogP contribution < -0.4 is 0 Å². The molecule has 0 aromatic heterocycles. The first kappa shape index (κ1) is 13.3. The normalized spacial score (nSPS) is 14.3. The van der Waals surface area contributed by atoms with Crippen LogP contribution in [0.25, 0.3) is 0 Å². The van der Waals surface area contributed by atoms with Crippen molar-refractivity contribution < 1.29 is 14.6 Å². The number of rotatable bonds is 3. The molecule has 1 unspecified atom stereocenters. The van der Waals surface area contributed by atoms with Gasteiger partial charge in [0.25, 0.3) is 0 Å². The van der Waals surface area contributed by atoms with E-state index >= 15 is 0 Å². The average molecular weight is 263 g/mol.